The molecule has 1 amide bonds. The van der Waals surface area contributed by atoms with Gasteiger partial charge < -0.3 is 9.64 Å². The van der Waals surface area contributed by atoms with E-state index in [-0.39, 0.29) is 12.0 Å². The van der Waals surface area contributed by atoms with Gasteiger partial charge >= 0.3 is 0 Å². The van der Waals surface area contributed by atoms with E-state index < -0.39 is 0 Å². The molecule has 1 saturated carbocycles. The van der Waals surface area contributed by atoms with Crippen LogP contribution in [-0.4, -0.2) is 68.8 Å². The molecule has 7 nitrogen and oxygen atoms in total. The Labute approximate surface area is 172 Å². The lowest BCUT2D eigenvalue weighted by Crippen LogP contribution is -2.52. The fourth-order valence-electron chi connectivity index (χ4n) is 4.36. The van der Waals surface area contributed by atoms with Crippen LogP contribution in [0.5, 0.6) is 5.75 Å². The predicted molar refractivity (Wildman–Crippen MR) is 111 cm³/mol. The minimum Gasteiger partial charge on any atom is -0.490 e. The first-order valence-electron chi connectivity index (χ1n) is 10.7. The Balaban J connectivity index is 1.24. The van der Waals surface area contributed by atoms with Gasteiger partial charge in [-0.05, 0) is 63.8 Å². The number of carbonyl (C=O) groups excluding carboxylic acids is 1. The van der Waals surface area contributed by atoms with Crippen molar-refractivity contribution in [2.24, 2.45) is 5.92 Å². The van der Waals surface area contributed by atoms with Gasteiger partial charge in [-0.25, -0.2) is 9.67 Å². The van der Waals surface area contributed by atoms with E-state index in [0.29, 0.717) is 11.9 Å². The van der Waals surface area contributed by atoms with E-state index in [2.05, 4.69) is 33.7 Å². The summed E-state index contributed by atoms with van der Waals surface area (Å²) in [7, 11) is 0. The van der Waals surface area contributed by atoms with Crippen molar-refractivity contribution < 1.29 is 9.53 Å². The van der Waals surface area contributed by atoms with Gasteiger partial charge in [-0.15, -0.1) is 0 Å². The first-order chi connectivity index (χ1) is 14.1. The number of aromatic nitrogens is 3. The van der Waals surface area contributed by atoms with Gasteiger partial charge in [0, 0.05) is 38.1 Å². The molecule has 4 rings (SSSR count). The molecule has 156 valence electrons. The number of hydrogen-bond acceptors (Lipinski definition) is 5. The van der Waals surface area contributed by atoms with Gasteiger partial charge in [0.05, 0.1) is 11.8 Å². The normalized spacial score (nSPS) is 23.3. The van der Waals surface area contributed by atoms with Crippen LogP contribution < -0.4 is 4.74 Å². The highest BCUT2D eigenvalue weighted by molar-refractivity contribution is 5.79. The maximum Gasteiger partial charge on any atom is 0.225 e. The largest absolute Gasteiger partial charge is 0.490 e. The fourth-order valence-corrected chi connectivity index (χ4v) is 4.36. The van der Waals surface area contributed by atoms with E-state index in [1.54, 1.807) is 11.0 Å². The number of ether oxygens (including phenoxy) is 1. The lowest BCUT2D eigenvalue weighted by atomic mass is 9.86. The van der Waals surface area contributed by atoms with Gasteiger partial charge in [-0.3, -0.25) is 9.69 Å². The molecule has 2 fully saturated rings. The number of piperazine rings is 1. The van der Waals surface area contributed by atoms with Crippen molar-refractivity contribution >= 4 is 5.91 Å². The monoisotopic (exact) mass is 397 g/mol. The van der Waals surface area contributed by atoms with E-state index in [1.165, 1.54) is 6.33 Å². The van der Waals surface area contributed by atoms with Crippen LogP contribution >= 0.6 is 0 Å². The zero-order valence-corrected chi connectivity index (χ0v) is 17.4. The summed E-state index contributed by atoms with van der Waals surface area (Å²) in [4.78, 5) is 21.4. The number of amides is 1. The van der Waals surface area contributed by atoms with Crippen LogP contribution in [0, 0.1) is 5.92 Å². The molecule has 1 aromatic carbocycles. The summed E-state index contributed by atoms with van der Waals surface area (Å²) in [5.41, 5.74) is 0.960. The van der Waals surface area contributed by atoms with Crippen molar-refractivity contribution in [3.63, 3.8) is 0 Å². The van der Waals surface area contributed by atoms with Crippen LogP contribution in [-0.2, 0) is 4.79 Å². The Bertz CT molecular complexity index is 774. The summed E-state index contributed by atoms with van der Waals surface area (Å²) < 4.78 is 7.89. The summed E-state index contributed by atoms with van der Waals surface area (Å²) >= 11 is 0. The summed E-state index contributed by atoms with van der Waals surface area (Å²) in [6, 6.07) is 8.47. The molecule has 0 N–H and O–H groups in total. The SMILES string of the molecule is CC(C)N1CCN(C(=O)C2CCC(Oc3ccc(-n4cncn4)cc3)CC2)CC1. The van der Waals surface area contributed by atoms with E-state index >= 15 is 0 Å². The van der Waals surface area contributed by atoms with Crippen LogP contribution in [0.4, 0.5) is 0 Å². The number of benzene rings is 1. The Morgan fingerprint density at radius 1 is 1.03 bits per heavy atom. The maximum atomic E-state index is 12.9. The van der Waals surface area contributed by atoms with Crippen molar-refractivity contribution in [2.45, 2.75) is 51.7 Å². The number of rotatable bonds is 5. The van der Waals surface area contributed by atoms with Crippen molar-refractivity contribution in [3.8, 4) is 11.4 Å². The van der Waals surface area contributed by atoms with Crippen molar-refractivity contribution in [2.75, 3.05) is 26.2 Å². The van der Waals surface area contributed by atoms with Crippen LogP contribution in [0.3, 0.4) is 0 Å². The Kier molecular flexibility index (Phi) is 6.13. The minimum atomic E-state index is 0.162. The Morgan fingerprint density at radius 3 is 2.31 bits per heavy atom. The van der Waals surface area contributed by atoms with Crippen LogP contribution in [0.15, 0.2) is 36.9 Å². The van der Waals surface area contributed by atoms with Gasteiger partial charge in [0.1, 0.15) is 18.4 Å². The van der Waals surface area contributed by atoms with Gasteiger partial charge in [-0.1, -0.05) is 0 Å². The molecule has 0 unspecified atom stereocenters. The van der Waals surface area contributed by atoms with Crippen LogP contribution in [0.25, 0.3) is 5.69 Å². The second-order valence-corrected chi connectivity index (χ2v) is 8.38. The van der Waals surface area contributed by atoms with Gasteiger partial charge in [0.2, 0.25) is 5.91 Å². The Morgan fingerprint density at radius 2 is 1.72 bits per heavy atom. The molecular formula is C22H31N5O2. The molecule has 0 radical (unpaired) electrons. The van der Waals surface area contributed by atoms with Gasteiger partial charge in [-0.2, -0.15) is 5.10 Å². The zero-order chi connectivity index (χ0) is 20.2. The predicted octanol–water partition coefficient (Wildman–Crippen LogP) is 2.76. The van der Waals surface area contributed by atoms with Crippen LogP contribution in [0.1, 0.15) is 39.5 Å². The maximum absolute atomic E-state index is 12.9. The molecule has 2 heterocycles. The van der Waals surface area contributed by atoms with Crippen molar-refractivity contribution in [3.05, 3.63) is 36.9 Å². The number of nitrogens with zero attached hydrogens (tertiary/aromatic N) is 5. The van der Waals surface area contributed by atoms with E-state index in [9.17, 15) is 4.79 Å². The molecule has 0 spiro atoms. The average Bonchev–Trinajstić information content (AvgIpc) is 3.29. The molecule has 1 aromatic heterocycles. The van der Waals surface area contributed by atoms with E-state index in [4.69, 9.17) is 4.74 Å². The highest BCUT2D eigenvalue weighted by Crippen LogP contribution is 2.29. The second kappa shape index (κ2) is 8.95. The third-order valence-corrected chi connectivity index (χ3v) is 6.20. The molecule has 2 aliphatic rings. The highest BCUT2D eigenvalue weighted by atomic mass is 16.5. The smallest absolute Gasteiger partial charge is 0.225 e. The molecule has 1 aliphatic heterocycles. The topological polar surface area (TPSA) is 63.5 Å². The molecule has 1 aliphatic carbocycles. The number of carbonyl (C=O) groups is 1. The molecular weight excluding hydrogens is 366 g/mol. The Hall–Kier alpha value is -2.41. The third kappa shape index (κ3) is 4.78. The summed E-state index contributed by atoms with van der Waals surface area (Å²) in [5.74, 6) is 1.38. The summed E-state index contributed by atoms with van der Waals surface area (Å²) in [5, 5.41) is 4.13. The van der Waals surface area contributed by atoms with Gasteiger partial charge in [0.25, 0.3) is 0 Å². The first-order valence-corrected chi connectivity index (χ1v) is 10.7. The summed E-state index contributed by atoms with van der Waals surface area (Å²) in [6.07, 6.45) is 7.11. The standard InChI is InChI=1S/C22H31N5O2/c1-17(2)25-11-13-26(14-12-25)22(28)18-3-7-20(8-4-18)29-21-9-5-19(6-10-21)27-16-23-15-24-27/h5-6,9-10,15-18,20H,3-4,7-8,11-14H2,1-2H3. The number of hydrogen-bond donors (Lipinski definition) is 0. The van der Waals surface area contributed by atoms with Crippen LogP contribution in [0.2, 0.25) is 0 Å². The van der Waals surface area contributed by atoms with E-state index in [1.807, 2.05) is 24.3 Å². The fraction of sp³-hybridized carbons (Fsp3) is 0.591. The molecule has 29 heavy (non-hydrogen) atoms. The average molecular weight is 398 g/mol. The van der Waals surface area contributed by atoms with Crippen molar-refractivity contribution in [1.29, 1.82) is 0 Å². The molecule has 2 aromatic rings. The van der Waals surface area contributed by atoms with E-state index in [0.717, 1.165) is 63.3 Å². The lowest BCUT2D eigenvalue weighted by Gasteiger charge is -2.39. The minimum absolute atomic E-state index is 0.162. The third-order valence-electron chi connectivity index (χ3n) is 6.20. The first kappa shape index (κ1) is 19.9. The molecule has 0 bridgehead atoms. The molecule has 1 saturated heterocycles. The lowest BCUT2D eigenvalue weighted by molar-refractivity contribution is -0.139. The molecule has 7 heteroatoms. The molecule has 0 atom stereocenters. The van der Waals surface area contributed by atoms with Gasteiger partial charge in [0.15, 0.2) is 0 Å². The summed E-state index contributed by atoms with van der Waals surface area (Å²) in [6.45, 7) is 8.16. The quantitative estimate of drug-likeness (QED) is 0.776. The zero-order valence-electron chi connectivity index (χ0n) is 17.4. The second-order valence-electron chi connectivity index (χ2n) is 8.38. The highest BCUT2D eigenvalue weighted by Gasteiger charge is 2.32. The van der Waals surface area contributed by atoms with Crippen molar-refractivity contribution in [1.82, 2.24) is 24.6 Å².